The lowest BCUT2D eigenvalue weighted by Gasteiger charge is -2.35. The molecule has 0 N–H and O–H groups in total. The third-order valence-electron chi connectivity index (χ3n) is 5.10. The Morgan fingerprint density at radius 3 is 2.64 bits per heavy atom. The molecular weight excluding hydrogens is 376 g/mol. The van der Waals surface area contributed by atoms with E-state index in [-0.39, 0.29) is 5.41 Å². The second-order valence-electron chi connectivity index (χ2n) is 6.99. The molecule has 122 valence electrons. The van der Waals surface area contributed by atoms with Gasteiger partial charge in [-0.1, -0.05) is 44.2 Å². The first-order valence-corrected chi connectivity index (χ1v) is 9.11. The lowest BCUT2D eigenvalue weighted by molar-refractivity contribution is 0.401. The van der Waals surface area contributed by atoms with E-state index in [4.69, 9.17) is 9.15 Å². The molecule has 0 atom stereocenters. The normalized spacial score (nSPS) is 17.3. The molecule has 3 heteroatoms. The average Bonchev–Trinajstić information content (AvgIpc) is 2.64. The Bertz CT molecular complexity index is 1110. The molecule has 1 aromatic heterocycles. The summed E-state index contributed by atoms with van der Waals surface area (Å²) in [5, 5.41) is 1.11. The number of benzene rings is 2. The van der Waals surface area contributed by atoms with E-state index in [0.717, 1.165) is 49.4 Å². The molecule has 0 fully saturated rings. The molecule has 0 unspecified atom stereocenters. The summed E-state index contributed by atoms with van der Waals surface area (Å²) in [6.07, 6.45) is 2.23. The Morgan fingerprint density at radius 2 is 1.76 bits per heavy atom. The van der Waals surface area contributed by atoms with Gasteiger partial charge in [0.1, 0.15) is 5.75 Å². The van der Waals surface area contributed by atoms with Crippen LogP contribution in [0.25, 0.3) is 21.5 Å². The average molecular weight is 392 g/mol. The highest BCUT2D eigenvalue weighted by Gasteiger charge is 2.45. The van der Waals surface area contributed by atoms with Crippen molar-refractivity contribution in [2.45, 2.75) is 19.3 Å². The zero-order valence-electron chi connectivity index (χ0n) is 14.0. The second kappa shape index (κ2) is 5.06. The second-order valence-corrected chi connectivity index (χ2v) is 7.79. The fourth-order valence-corrected chi connectivity index (χ4v) is 4.25. The van der Waals surface area contributed by atoms with E-state index in [1.54, 1.807) is 0 Å². The molecule has 0 radical (unpaired) electrons. The predicted octanol–water partition coefficient (Wildman–Crippen LogP) is 6.54. The van der Waals surface area contributed by atoms with Gasteiger partial charge in [0.25, 0.3) is 0 Å². The smallest absolute Gasteiger partial charge is 0.375 e. The molecular formula is C22H16BrO2+. The number of ether oxygens (including phenoxy) is 1. The van der Waals surface area contributed by atoms with Gasteiger partial charge in [0, 0.05) is 22.6 Å². The van der Waals surface area contributed by atoms with Crippen LogP contribution in [-0.2, 0) is 5.41 Å². The molecule has 25 heavy (non-hydrogen) atoms. The van der Waals surface area contributed by atoms with E-state index in [9.17, 15) is 0 Å². The van der Waals surface area contributed by atoms with Gasteiger partial charge in [-0.25, -0.2) is 4.42 Å². The van der Waals surface area contributed by atoms with Crippen LogP contribution in [0.2, 0.25) is 0 Å². The molecule has 2 aliphatic rings. The van der Waals surface area contributed by atoms with Gasteiger partial charge in [-0.3, -0.25) is 0 Å². The van der Waals surface area contributed by atoms with Crippen molar-refractivity contribution in [1.29, 1.82) is 0 Å². The quantitative estimate of drug-likeness (QED) is 0.405. The van der Waals surface area contributed by atoms with Crippen LogP contribution in [0, 0.1) is 0 Å². The number of rotatable bonds is 0. The van der Waals surface area contributed by atoms with Gasteiger partial charge >= 0.3 is 11.3 Å². The molecule has 0 bridgehead atoms. The first-order chi connectivity index (χ1) is 12.1. The number of halogens is 1. The van der Waals surface area contributed by atoms with E-state index in [1.165, 1.54) is 0 Å². The van der Waals surface area contributed by atoms with E-state index >= 15 is 0 Å². The number of para-hydroxylation sites is 2. The third kappa shape index (κ3) is 2.05. The molecule has 1 aliphatic carbocycles. The summed E-state index contributed by atoms with van der Waals surface area (Å²) >= 11 is 3.74. The third-order valence-corrected chi connectivity index (χ3v) is 5.82. The lowest BCUT2D eigenvalue weighted by Crippen LogP contribution is -2.30. The first-order valence-electron chi connectivity index (χ1n) is 8.31. The standard InChI is InChI=1S/C22H16BrO2/c1-22(2)15-11-13-7-3-5-9-17(13)24-20(15)19(23)21-16(22)12-14-8-4-6-10-18(14)25-21/h3-12H,1-2H3/q+1. The molecule has 0 saturated heterocycles. The Labute approximate surface area is 154 Å². The van der Waals surface area contributed by atoms with Gasteiger partial charge < -0.3 is 4.74 Å². The Morgan fingerprint density at radius 1 is 1.00 bits per heavy atom. The highest BCUT2D eigenvalue weighted by Crippen LogP contribution is 2.52. The van der Waals surface area contributed by atoms with E-state index in [1.807, 2.05) is 36.4 Å². The van der Waals surface area contributed by atoms with E-state index in [0.29, 0.717) is 0 Å². The molecule has 5 rings (SSSR count). The largest absolute Gasteiger partial charge is 0.455 e. The van der Waals surface area contributed by atoms with Crippen molar-refractivity contribution in [2.24, 2.45) is 0 Å². The first kappa shape index (κ1) is 14.9. The summed E-state index contributed by atoms with van der Waals surface area (Å²) in [5.74, 6) is 2.56. The summed E-state index contributed by atoms with van der Waals surface area (Å²) < 4.78 is 13.4. The summed E-state index contributed by atoms with van der Waals surface area (Å²) in [6, 6.07) is 18.5. The lowest BCUT2D eigenvalue weighted by atomic mass is 9.72. The molecule has 0 amide bonds. The minimum absolute atomic E-state index is 0.219. The SMILES string of the molecule is CC1(C)C2=Cc3ccccc3OC2=C(Br)c2[o+]c3ccccc3cc21. The maximum absolute atomic E-state index is 6.26. The molecule has 1 aliphatic heterocycles. The summed E-state index contributed by atoms with van der Waals surface area (Å²) in [5.41, 5.74) is 4.09. The van der Waals surface area contributed by atoms with Crippen molar-refractivity contribution in [2.75, 3.05) is 0 Å². The van der Waals surface area contributed by atoms with Crippen molar-refractivity contribution in [3.05, 3.63) is 82.8 Å². The van der Waals surface area contributed by atoms with Gasteiger partial charge in [0.15, 0.2) is 10.2 Å². The van der Waals surface area contributed by atoms with Gasteiger partial charge in [-0.05, 0) is 40.2 Å². The van der Waals surface area contributed by atoms with Crippen molar-refractivity contribution in [3.63, 3.8) is 0 Å². The fourth-order valence-electron chi connectivity index (χ4n) is 3.66. The van der Waals surface area contributed by atoms with Crippen LogP contribution in [0.5, 0.6) is 5.75 Å². The van der Waals surface area contributed by atoms with Gasteiger partial charge in [-0.2, -0.15) is 0 Å². The maximum Gasteiger partial charge on any atom is 0.375 e. The summed E-state index contributed by atoms with van der Waals surface area (Å²) in [7, 11) is 0. The fraction of sp³-hybridized carbons (Fsp3) is 0.136. The Balaban J connectivity index is 1.84. The van der Waals surface area contributed by atoms with Crippen molar-refractivity contribution in [3.8, 4) is 5.75 Å². The number of hydrogen-bond donors (Lipinski definition) is 0. The number of fused-ring (bicyclic) bond motifs is 4. The van der Waals surface area contributed by atoms with Crippen LogP contribution < -0.4 is 4.74 Å². The number of hydrogen-bond acceptors (Lipinski definition) is 1. The molecule has 0 spiro atoms. The minimum atomic E-state index is -0.219. The van der Waals surface area contributed by atoms with Crippen LogP contribution >= 0.6 is 15.9 Å². The zero-order chi connectivity index (χ0) is 17.2. The molecule has 2 nitrogen and oxygen atoms in total. The molecule has 3 aromatic rings. The van der Waals surface area contributed by atoms with Crippen molar-refractivity contribution >= 4 is 37.5 Å². The van der Waals surface area contributed by atoms with Crippen LogP contribution in [-0.4, -0.2) is 0 Å². The molecule has 2 heterocycles. The van der Waals surface area contributed by atoms with Crippen LogP contribution in [0.1, 0.15) is 30.7 Å². The van der Waals surface area contributed by atoms with Gasteiger partial charge in [0.05, 0.1) is 10.9 Å². The molecule has 0 saturated carbocycles. The molecule has 2 aromatic carbocycles. The highest BCUT2D eigenvalue weighted by molar-refractivity contribution is 9.15. The Hall–Kier alpha value is -2.39. The minimum Gasteiger partial charge on any atom is -0.455 e. The number of allylic oxidation sites excluding steroid dienone is 1. The predicted molar refractivity (Wildman–Crippen MR) is 105 cm³/mol. The summed E-state index contributed by atoms with van der Waals surface area (Å²) in [4.78, 5) is 0. The van der Waals surface area contributed by atoms with Gasteiger partial charge in [-0.15, -0.1) is 0 Å². The Kier molecular flexibility index (Phi) is 3.02. The maximum atomic E-state index is 6.26. The van der Waals surface area contributed by atoms with E-state index < -0.39 is 0 Å². The van der Waals surface area contributed by atoms with E-state index in [2.05, 4.69) is 54.1 Å². The van der Waals surface area contributed by atoms with Crippen LogP contribution in [0.4, 0.5) is 0 Å². The monoisotopic (exact) mass is 391 g/mol. The topological polar surface area (TPSA) is 20.5 Å². The van der Waals surface area contributed by atoms with Crippen molar-refractivity contribution in [1.82, 2.24) is 0 Å². The van der Waals surface area contributed by atoms with Crippen LogP contribution in [0.15, 0.2) is 70.3 Å². The van der Waals surface area contributed by atoms with Crippen molar-refractivity contribution < 1.29 is 9.15 Å². The van der Waals surface area contributed by atoms with Gasteiger partial charge in [0.2, 0.25) is 0 Å². The summed E-state index contributed by atoms with van der Waals surface area (Å²) in [6.45, 7) is 4.44. The van der Waals surface area contributed by atoms with Crippen LogP contribution in [0.3, 0.4) is 0 Å². The highest BCUT2D eigenvalue weighted by atomic mass is 79.9. The zero-order valence-corrected chi connectivity index (χ0v) is 15.6.